The molecular formula is C15H29N. The van der Waals surface area contributed by atoms with Gasteiger partial charge in [-0.2, -0.15) is 0 Å². The zero-order valence-electron chi connectivity index (χ0n) is 11.0. The van der Waals surface area contributed by atoms with Crippen LogP contribution in [0.15, 0.2) is 12.7 Å². The van der Waals surface area contributed by atoms with Crippen molar-refractivity contribution in [3.63, 3.8) is 0 Å². The Kier molecular flexibility index (Phi) is 7.58. The second-order valence-corrected chi connectivity index (χ2v) is 5.21. The highest BCUT2D eigenvalue weighted by molar-refractivity contribution is 4.81. The summed E-state index contributed by atoms with van der Waals surface area (Å²) in [5, 5.41) is 3.84. The molecule has 1 aliphatic heterocycles. The van der Waals surface area contributed by atoms with Gasteiger partial charge in [0.15, 0.2) is 0 Å². The Morgan fingerprint density at radius 1 is 1.12 bits per heavy atom. The molecule has 1 aliphatic rings. The van der Waals surface area contributed by atoms with E-state index >= 15 is 0 Å². The number of unbranched alkanes of at least 4 members (excludes halogenated alkanes) is 3. The summed E-state index contributed by atoms with van der Waals surface area (Å²) in [6.07, 6.45) is 15.7. The summed E-state index contributed by atoms with van der Waals surface area (Å²) in [6.45, 7) is 6.07. The number of allylic oxidation sites excluding steroid dienone is 1. The first kappa shape index (κ1) is 13.8. The van der Waals surface area contributed by atoms with Gasteiger partial charge in [0.25, 0.3) is 0 Å². The number of piperidine rings is 1. The minimum Gasteiger partial charge on any atom is -0.311 e. The Morgan fingerprint density at radius 2 is 1.81 bits per heavy atom. The Labute approximate surface area is 102 Å². The molecule has 1 fully saturated rings. The fourth-order valence-corrected chi connectivity index (χ4v) is 2.72. The first-order valence-electron chi connectivity index (χ1n) is 7.23. The summed E-state index contributed by atoms with van der Waals surface area (Å²) >= 11 is 0. The van der Waals surface area contributed by atoms with Gasteiger partial charge in [0.05, 0.1) is 0 Å². The van der Waals surface area contributed by atoms with Gasteiger partial charge in [0.2, 0.25) is 0 Å². The molecule has 2 atom stereocenters. The molecule has 0 aromatic carbocycles. The zero-order chi connectivity index (χ0) is 11.6. The minimum atomic E-state index is 0.792. The van der Waals surface area contributed by atoms with Crippen molar-refractivity contribution >= 4 is 0 Å². The molecule has 0 amide bonds. The van der Waals surface area contributed by atoms with Gasteiger partial charge < -0.3 is 5.32 Å². The molecular weight excluding hydrogens is 194 g/mol. The van der Waals surface area contributed by atoms with Gasteiger partial charge in [-0.05, 0) is 38.5 Å². The standard InChI is InChI=1S/C15H29N/c1-3-5-7-10-14-12-9-13-15(16-14)11-8-6-4-2/h3,14-16H,1,4-13H2,2H3. The first-order valence-corrected chi connectivity index (χ1v) is 7.23. The van der Waals surface area contributed by atoms with Crippen LogP contribution < -0.4 is 5.32 Å². The van der Waals surface area contributed by atoms with E-state index in [0.717, 1.165) is 12.1 Å². The molecule has 94 valence electrons. The fourth-order valence-electron chi connectivity index (χ4n) is 2.72. The third-order valence-electron chi connectivity index (χ3n) is 3.69. The maximum Gasteiger partial charge on any atom is 0.00697 e. The summed E-state index contributed by atoms with van der Waals surface area (Å²) in [7, 11) is 0. The van der Waals surface area contributed by atoms with Crippen molar-refractivity contribution in [1.82, 2.24) is 5.32 Å². The summed E-state index contributed by atoms with van der Waals surface area (Å²) in [4.78, 5) is 0. The molecule has 2 unspecified atom stereocenters. The molecule has 0 radical (unpaired) electrons. The summed E-state index contributed by atoms with van der Waals surface area (Å²) < 4.78 is 0. The van der Waals surface area contributed by atoms with Gasteiger partial charge in [-0.25, -0.2) is 0 Å². The highest BCUT2D eigenvalue weighted by Crippen LogP contribution is 2.20. The molecule has 1 rings (SSSR count). The van der Waals surface area contributed by atoms with E-state index in [0.29, 0.717) is 0 Å². The summed E-state index contributed by atoms with van der Waals surface area (Å²) in [5.74, 6) is 0. The van der Waals surface area contributed by atoms with E-state index < -0.39 is 0 Å². The highest BCUT2D eigenvalue weighted by atomic mass is 15.0. The van der Waals surface area contributed by atoms with Gasteiger partial charge >= 0.3 is 0 Å². The lowest BCUT2D eigenvalue weighted by Gasteiger charge is -2.31. The van der Waals surface area contributed by atoms with Crippen LogP contribution in [0, 0.1) is 0 Å². The molecule has 0 spiro atoms. The average molecular weight is 223 g/mol. The molecule has 0 aliphatic carbocycles. The number of rotatable bonds is 8. The molecule has 0 bridgehead atoms. The molecule has 1 N–H and O–H groups in total. The quantitative estimate of drug-likeness (QED) is 0.474. The third kappa shape index (κ3) is 5.69. The maximum atomic E-state index is 3.84. The van der Waals surface area contributed by atoms with E-state index in [4.69, 9.17) is 0 Å². The van der Waals surface area contributed by atoms with Crippen LogP contribution in [-0.2, 0) is 0 Å². The molecule has 0 saturated carbocycles. The van der Waals surface area contributed by atoms with E-state index in [1.807, 2.05) is 6.08 Å². The van der Waals surface area contributed by atoms with E-state index in [9.17, 15) is 0 Å². The Morgan fingerprint density at radius 3 is 2.44 bits per heavy atom. The first-order chi connectivity index (χ1) is 7.86. The van der Waals surface area contributed by atoms with Crippen LogP contribution in [0.25, 0.3) is 0 Å². The lowest BCUT2D eigenvalue weighted by atomic mass is 9.92. The summed E-state index contributed by atoms with van der Waals surface area (Å²) in [6, 6.07) is 1.61. The van der Waals surface area contributed by atoms with Crippen molar-refractivity contribution in [3.8, 4) is 0 Å². The second kappa shape index (κ2) is 8.81. The van der Waals surface area contributed by atoms with E-state index in [1.54, 1.807) is 0 Å². The van der Waals surface area contributed by atoms with Gasteiger partial charge in [0.1, 0.15) is 0 Å². The molecule has 1 nitrogen and oxygen atoms in total. The Hall–Kier alpha value is -0.300. The average Bonchev–Trinajstić information content (AvgIpc) is 2.30. The monoisotopic (exact) mass is 223 g/mol. The van der Waals surface area contributed by atoms with E-state index in [1.165, 1.54) is 64.2 Å². The van der Waals surface area contributed by atoms with Crippen LogP contribution in [0.3, 0.4) is 0 Å². The van der Waals surface area contributed by atoms with Crippen LogP contribution in [0.1, 0.15) is 71.1 Å². The van der Waals surface area contributed by atoms with Gasteiger partial charge in [0, 0.05) is 12.1 Å². The Balaban J connectivity index is 2.11. The van der Waals surface area contributed by atoms with Gasteiger partial charge in [-0.15, -0.1) is 6.58 Å². The fraction of sp³-hybridized carbons (Fsp3) is 0.867. The minimum absolute atomic E-state index is 0.792. The predicted octanol–water partition coefficient (Wildman–Crippen LogP) is 4.43. The lowest BCUT2D eigenvalue weighted by Crippen LogP contribution is -2.42. The largest absolute Gasteiger partial charge is 0.311 e. The van der Waals surface area contributed by atoms with Crippen LogP contribution in [0.2, 0.25) is 0 Å². The lowest BCUT2D eigenvalue weighted by molar-refractivity contribution is 0.289. The van der Waals surface area contributed by atoms with Crippen LogP contribution >= 0.6 is 0 Å². The number of hydrogen-bond acceptors (Lipinski definition) is 1. The van der Waals surface area contributed by atoms with Crippen LogP contribution in [-0.4, -0.2) is 12.1 Å². The van der Waals surface area contributed by atoms with Crippen LogP contribution in [0.5, 0.6) is 0 Å². The van der Waals surface area contributed by atoms with E-state index in [-0.39, 0.29) is 0 Å². The van der Waals surface area contributed by atoms with Crippen molar-refractivity contribution in [2.24, 2.45) is 0 Å². The van der Waals surface area contributed by atoms with Crippen molar-refractivity contribution in [1.29, 1.82) is 0 Å². The van der Waals surface area contributed by atoms with Gasteiger partial charge in [-0.3, -0.25) is 0 Å². The molecule has 0 aromatic heterocycles. The van der Waals surface area contributed by atoms with Crippen LogP contribution in [0.4, 0.5) is 0 Å². The van der Waals surface area contributed by atoms with Crippen molar-refractivity contribution in [3.05, 3.63) is 12.7 Å². The Bertz CT molecular complexity index is 176. The second-order valence-electron chi connectivity index (χ2n) is 5.21. The smallest absolute Gasteiger partial charge is 0.00697 e. The topological polar surface area (TPSA) is 12.0 Å². The molecule has 1 heterocycles. The SMILES string of the molecule is C=CCCCC1CCCC(CCCCC)N1. The highest BCUT2D eigenvalue weighted by Gasteiger charge is 2.19. The predicted molar refractivity (Wildman–Crippen MR) is 72.8 cm³/mol. The van der Waals surface area contributed by atoms with Crippen molar-refractivity contribution < 1.29 is 0 Å². The normalized spacial score (nSPS) is 25.6. The molecule has 1 heteroatoms. The molecule has 0 aromatic rings. The summed E-state index contributed by atoms with van der Waals surface area (Å²) in [5.41, 5.74) is 0. The maximum absolute atomic E-state index is 3.84. The van der Waals surface area contributed by atoms with E-state index in [2.05, 4.69) is 18.8 Å². The molecule has 16 heavy (non-hydrogen) atoms. The molecule has 1 saturated heterocycles. The van der Waals surface area contributed by atoms with Crippen molar-refractivity contribution in [2.75, 3.05) is 0 Å². The van der Waals surface area contributed by atoms with Crippen molar-refractivity contribution in [2.45, 2.75) is 83.2 Å². The van der Waals surface area contributed by atoms with Gasteiger partial charge in [-0.1, -0.05) is 38.7 Å². The third-order valence-corrected chi connectivity index (χ3v) is 3.69. The zero-order valence-corrected chi connectivity index (χ0v) is 11.0. The number of nitrogens with one attached hydrogen (secondary N) is 1. The number of hydrogen-bond donors (Lipinski definition) is 1.